The van der Waals surface area contributed by atoms with Crippen LogP contribution in [0.3, 0.4) is 0 Å². The van der Waals surface area contributed by atoms with E-state index in [-0.39, 0.29) is 5.82 Å². The number of hydrogen-bond acceptors (Lipinski definition) is 2. The van der Waals surface area contributed by atoms with Crippen LogP contribution in [-0.4, -0.2) is 9.78 Å². The minimum absolute atomic E-state index is 0.250. The Kier molecular flexibility index (Phi) is 2.72. The van der Waals surface area contributed by atoms with E-state index in [1.165, 1.54) is 12.1 Å². The molecule has 82 valence electrons. The fourth-order valence-electron chi connectivity index (χ4n) is 1.44. The minimum Gasteiger partial charge on any atom is -0.396 e. The van der Waals surface area contributed by atoms with Gasteiger partial charge in [0.15, 0.2) is 0 Å². The smallest absolute Gasteiger partial charge is 0.123 e. The van der Waals surface area contributed by atoms with E-state index in [0.717, 1.165) is 11.1 Å². The maximum atomic E-state index is 12.7. The molecule has 0 aliphatic heterocycles. The monoisotopic (exact) mass is 217 g/mol. The summed E-state index contributed by atoms with van der Waals surface area (Å²) in [5.74, 6) is -0.250. The minimum atomic E-state index is -0.250. The van der Waals surface area contributed by atoms with Gasteiger partial charge in [0.25, 0.3) is 0 Å². The largest absolute Gasteiger partial charge is 0.396 e. The van der Waals surface area contributed by atoms with Gasteiger partial charge >= 0.3 is 0 Å². The lowest BCUT2D eigenvalue weighted by molar-refractivity contribution is 0.627. The summed E-state index contributed by atoms with van der Waals surface area (Å²) < 4.78 is 14.4. The van der Waals surface area contributed by atoms with Crippen LogP contribution in [-0.2, 0) is 6.54 Å². The normalized spacial score (nSPS) is 10.3. The first-order chi connectivity index (χ1) is 7.65. The van der Waals surface area contributed by atoms with Gasteiger partial charge in [0.1, 0.15) is 5.82 Å². The highest BCUT2D eigenvalue weighted by Crippen LogP contribution is 2.15. The summed E-state index contributed by atoms with van der Waals surface area (Å²) in [5, 5.41) is 4.06. The first kappa shape index (κ1) is 10.4. The second-order valence-electron chi connectivity index (χ2n) is 3.58. The van der Waals surface area contributed by atoms with E-state index in [9.17, 15) is 4.39 Å². The number of rotatable bonds is 3. The van der Waals surface area contributed by atoms with Crippen molar-refractivity contribution >= 4 is 11.3 Å². The summed E-state index contributed by atoms with van der Waals surface area (Å²) in [7, 11) is 0. The van der Waals surface area contributed by atoms with Crippen LogP contribution in [0.1, 0.15) is 5.56 Å². The molecule has 0 saturated heterocycles. The molecule has 0 unspecified atom stereocenters. The summed E-state index contributed by atoms with van der Waals surface area (Å²) in [4.78, 5) is 0. The predicted octanol–water partition coefficient (Wildman–Crippen LogP) is 2.32. The third kappa shape index (κ3) is 2.28. The van der Waals surface area contributed by atoms with Crippen LogP contribution >= 0.6 is 0 Å². The third-order valence-corrected chi connectivity index (χ3v) is 2.26. The highest BCUT2D eigenvalue weighted by molar-refractivity contribution is 5.63. The highest BCUT2D eigenvalue weighted by atomic mass is 19.1. The number of anilines is 1. The first-order valence-electron chi connectivity index (χ1n) is 4.87. The lowest BCUT2D eigenvalue weighted by Crippen LogP contribution is -2.00. The van der Waals surface area contributed by atoms with Crippen molar-refractivity contribution in [3.8, 4) is 0 Å². The Morgan fingerprint density at radius 3 is 2.62 bits per heavy atom. The van der Waals surface area contributed by atoms with Gasteiger partial charge in [0.05, 0.1) is 18.4 Å². The second kappa shape index (κ2) is 4.18. The van der Waals surface area contributed by atoms with E-state index in [1.807, 2.05) is 0 Å². The molecule has 0 bridgehead atoms. The maximum absolute atomic E-state index is 12.7. The van der Waals surface area contributed by atoms with E-state index < -0.39 is 0 Å². The summed E-state index contributed by atoms with van der Waals surface area (Å²) in [5.41, 5.74) is 7.93. The molecule has 1 aromatic heterocycles. The van der Waals surface area contributed by atoms with Gasteiger partial charge in [-0.2, -0.15) is 5.10 Å². The molecule has 1 aromatic carbocycles. The number of nitrogens with two attached hydrogens (primary N) is 1. The Morgan fingerprint density at radius 2 is 2.06 bits per heavy atom. The Bertz CT molecular complexity index is 499. The topological polar surface area (TPSA) is 43.8 Å². The van der Waals surface area contributed by atoms with Crippen LogP contribution in [0.25, 0.3) is 5.57 Å². The van der Waals surface area contributed by atoms with Crippen molar-refractivity contribution in [2.45, 2.75) is 6.54 Å². The van der Waals surface area contributed by atoms with E-state index in [2.05, 4.69) is 11.7 Å². The standard InChI is InChI=1S/C12H12FN3/c1-9(7-16-8-12(14)6-15-16)10-2-4-11(13)5-3-10/h2-6,8H,1,7,14H2. The molecule has 2 aromatic rings. The lowest BCUT2D eigenvalue weighted by atomic mass is 10.1. The molecule has 0 amide bonds. The van der Waals surface area contributed by atoms with Gasteiger partial charge in [-0.15, -0.1) is 0 Å². The van der Waals surface area contributed by atoms with Gasteiger partial charge in [-0.05, 0) is 23.3 Å². The average molecular weight is 217 g/mol. The van der Waals surface area contributed by atoms with Crippen LogP contribution in [0.2, 0.25) is 0 Å². The Hall–Kier alpha value is -2.10. The molecule has 0 aliphatic rings. The molecule has 4 heteroatoms. The molecule has 2 rings (SSSR count). The number of nitrogen functional groups attached to an aromatic ring is 1. The molecule has 0 radical (unpaired) electrons. The average Bonchev–Trinajstić information content (AvgIpc) is 2.65. The quantitative estimate of drug-likeness (QED) is 0.857. The molecule has 16 heavy (non-hydrogen) atoms. The highest BCUT2D eigenvalue weighted by Gasteiger charge is 2.01. The Labute approximate surface area is 93.0 Å². The van der Waals surface area contributed by atoms with Crippen LogP contribution in [0.15, 0.2) is 43.2 Å². The van der Waals surface area contributed by atoms with Gasteiger partial charge < -0.3 is 5.73 Å². The number of benzene rings is 1. The zero-order chi connectivity index (χ0) is 11.5. The number of hydrogen-bond donors (Lipinski definition) is 1. The van der Waals surface area contributed by atoms with E-state index >= 15 is 0 Å². The van der Waals surface area contributed by atoms with Gasteiger partial charge in [0.2, 0.25) is 0 Å². The van der Waals surface area contributed by atoms with Crippen LogP contribution in [0, 0.1) is 5.82 Å². The number of aromatic nitrogens is 2. The van der Waals surface area contributed by atoms with Gasteiger partial charge in [0, 0.05) is 6.20 Å². The maximum Gasteiger partial charge on any atom is 0.123 e. The second-order valence-corrected chi connectivity index (χ2v) is 3.58. The van der Waals surface area contributed by atoms with E-state index in [4.69, 9.17) is 5.73 Å². The Balaban J connectivity index is 2.11. The molecule has 0 spiro atoms. The SMILES string of the molecule is C=C(Cn1cc(N)cn1)c1ccc(F)cc1. The van der Waals surface area contributed by atoms with Crippen molar-refractivity contribution in [1.82, 2.24) is 9.78 Å². The molecule has 0 atom stereocenters. The van der Waals surface area contributed by atoms with Gasteiger partial charge in [-0.1, -0.05) is 18.7 Å². The summed E-state index contributed by atoms with van der Waals surface area (Å²) >= 11 is 0. The van der Waals surface area contributed by atoms with Crippen molar-refractivity contribution in [3.63, 3.8) is 0 Å². The number of nitrogens with zero attached hydrogens (tertiary/aromatic N) is 2. The fraction of sp³-hybridized carbons (Fsp3) is 0.0833. The van der Waals surface area contributed by atoms with Crippen molar-refractivity contribution in [2.24, 2.45) is 0 Å². The van der Waals surface area contributed by atoms with Crippen LogP contribution < -0.4 is 5.73 Å². The van der Waals surface area contributed by atoms with Crippen LogP contribution in [0.4, 0.5) is 10.1 Å². The first-order valence-corrected chi connectivity index (χ1v) is 4.87. The molecule has 0 fully saturated rings. The molecular weight excluding hydrogens is 205 g/mol. The zero-order valence-corrected chi connectivity index (χ0v) is 8.73. The Morgan fingerprint density at radius 1 is 1.38 bits per heavy atom. The molecule has 0 aliphatic carbocycles. The summed E-state index contributed by atoms with van der Waals surface area (Å²) in [6, 6.07) is 6.23. The fourth-order valence-corrected chi connectivity index (χ4v) is 1.44. The number of allylic oxidation sites excluding steroid dienone is 1. The van der Waals surface area contributed by atoms with Gasteiger partial charge in [-0.3, -0.25) is 4.68 Å². The molecule has 3 nitrogen and oxygen atoms in total. The third-order valence-electron chi connectivity index (χ3n) is 2.26. The van der Waals surface area contributed by atoms with E-state index in [0.29, 0.717) is 12.2 Å². The van der Waals surface area contributed by atoms with Crippen LogP contribution in [0.5, 0.6) is 0 Å². The van der Waals surface area contributed by atoms with Crippen molar-refractivity contribution < 1.29 is 4.39 Å². The van der Waals surface area contributed by atoms with Crippen molar-refractivity contribution in [3.05, 3.63) is 54.6 Å². The molecule has 2 N–H and O–H groups in total. The van der Waals surface area contributed by atoms with E-state index in [1.54, 1.807) is 29.2 Å². The molecular formula is C12H12FN3. The van der Waals surface area contributed by atoms with Crippen molar-refractivity contribution in [1.29, 1.82) is 0 Å². The lowest BCUT2D eigenvalue weighted by Gasteiger charge is -2.05. The number of halogens is 1. The predicted molar refractivity (Wildman–Crippen MR) is 62.1 cm³/mol. The van der Waals surface area contributed by atoms with Crippen molar-refractivity contribution in [2.75, 3.05) is 5.73 Å². The van der Waals surface area contributed by atoms with Gasteiger partial charge in [-0.25, -0.2) is 4.39 Å². The zero-order valence-electron chi connectivity index (χ0n) is 8.73. The summed E-state index contributed by atoms with van der Waals surface area (Å²) in [6.45, 7) is 4.48. The molecule has 0 saturated carbocycles. The summed E-state index contributed by atoms with van der Waals surface area (Å²) in [6.07, 6.45) is 3.31. The molecule has 1 heterocycles.